The molecule has 0 aromatic heterocycles. The minimum Gasteiger partial charge on any atom is -0.493 e. The standard InChI is InChI=1S/C18H19FN4O2.HI/c1-21-18(22-11-13-5-4-12(10-20)8-15(13)19)23-14-6-7-16(24-2)17(9-14)25-3;/h4-9H,11H2,1-3H3,(H2,21,22,23);1H. The highest BCUT2D eigenvalue weighted by Gasteiger charge is 2.08. The Labute approximate surface area is 169 Å². The van der Waals surface area contributed by atoms with Gasteiger partial charge in [0.25, 0.3) is 0 Å². The molecule has 6 nitrogen and oxygen atoms in total. The molecule has 0 fully saturated rings. The summed E-state index contributed by atoms with van der Waals surface area (Å²) in [6.07, 6.45) is 0. The minimum atomic E-state index is -0.437. The summed E-state index contributed by atoms with van der Waals surface area (Å²) in [5.41, 5.74) is 1.47. The summed E-state index contributed by atoms with van der Waals surface area (Å²) >= 11 is 0. The second kappa shape index (κ2) is 10.5. The lowest BCUT2D eigenvalue weighted by atomic mass is 10.1. The first kappa shape index (κ1) is 21.5. The van der Waals surface area contributed by atoms with Crippen molar-refractivity contribution in [3.8, 4) is 17.6 Å². The highest BCUT2D eigenvalue weighted by atomic mass is 127. The van der Waals surface area contributed by atoms with Crippen LogP contribution in [0.15, 0.2) is 41.4 Å². The Balaban J connectivity index is 0.00000338. The van der Waals surface area contributed by atoms with Gasteiger partial charge in [0.2, 0.25) is 0 Å². The molecule has 8 heteroatoms. The summed E-state index contributed by atoms with van der Waals surface area (Å²) < 4.78 is 24.4. The number of halogens is 2. The molecule has 2 N–H and O–H groups in total. The van der Waals surface area contributed by atoms with Crippen molar-refractivity contribution in [1.82, 2.24) is 5.32 Å². The van der Waals surface area contributed by atoms with Crippen LogP contribution in [0.25, 0.3) is 0 Å². The summed E-state index contributed by atoms with van der Waals surface area (Å²) in [4.78, 5) is 4.11. The van der Waals surface area contributed by atoms with Crippen LogP contribution in [-0.4, -0.2) is 27.2 Å². The zero-order chi connectivity index (χ0) is 18.2. The number of hydrogen-bond donors (Lipinski definition) is 2. The molecular weight excluding hydrogens is 450 g/mol. The van der Waals surface area contributed by atoms with Crippen molar-refractivity contribution in [2.45, 2.75) is 6.54 Å². The third kappa shape index (κ3) is 5.49. The predicted molar refractivity (Wildman–Crippen MR) is 110 cm³/mol. The van der Waals surface area contributed by atoms with Crippen LogP contribution in [0.4, 0.5) is 10.1 Å². The molecule has 0 bridgehead atoms. The SMILES string of the molecule is CN=C(NCc1ccc(C#N)cc1F)Nc1ccc(OC)c(OC)c1.I. The average molecular weight is 470 g/mol. The number of methoxy groups -OCH3 is 2. The molecule has 0 aliphatic carbocycles. The molecule has 0 radical (unpaired) electrons. The maximum Gasteiger partial charge on any atom is 0.195 e. The van der Waals surface area contributed by atoms with Gasteiger partial charge in [0.05, 0.1) is 25.9 Å². The van der Waals surface area contributed by atoms with Crippen LogP contribution in [0, 0.1) is 17.1 Å². The van der Waals surface area contributed by atoms with Crippen molar-refractivity contribution >= 4 is 35.6 Å². The highest BCUT2D eigenvalue weighted by molar-refractivity contribution is 14.0. The van der Waals surface area contributed by atoms with E-state index in [1.165, 1.54) is 6.07 Å². The molecule has 26 heavy (non-hydrogen) atoms. The molecule has 0 aliphatic rings. The first-order chi connectivity index (χ1) is 12.1. The zero-order valence-electron chi connectivity index (χ0n) is 14.7. The molecule has 0 aliphatic heterocycles. The lowest BCUT2D eigenvalue weighted by molar-refractivity contribution is 0.355. The zero-order valence-corrected chi connectivity index (χ0v) is 17.0. The van der Waals surface area contributed by atoms with E-state index in [2.05, 4.69) is 15.6 Å². The number of aliphatic imine (C=N–C) groups is 1. The summed E-state index contributed by atoms with van der Waals surface area (Å²) in [6.45, 7) is 0.227. The van der Waals surface area contributed by atoms with E-state index in [9.17, 15) is 4.39 Å². The Kier molecular flexibility index (Phi) is 8.64. The fourth-order valence-corrected chi connectivity index (χ4v) is 2.17. The average Bonchev–Trinajstić information content (AvgIpc) is 2.65. The third-order valence-corrected chi connectivity index (χ3v) is 3.50. The number of nitriles is 1. The number of nitrogens with zero attached hydrogens (tertiary/aromatic N) is 2. The number of hydrogen-bond acceptors (Lipinski definition) is 4. The molecule has 0 atom stereocenters. The van der Waals surface area contributed by atoms with Gasteiger partial charge in [-0.2, -0.15) is 5.26 Å². The molecule has 2 rings (SSSR count). The van der Waals surface area contributed by atoms with Crippen molar-refractivity contribution in [2.75, 3.05) is 26.6 Å². The van der Waals surface area contributed by atoms with Crippen LogP contribution in [-0.2, 0) is 6.54 Å². The van der Waals surface area contributed by atoms with Gasteiger partial charge in [-0.3, -0.25) is 4.99 Å². The highest BCUT2D eigenvalue weighted by Crippen LogP contribution is 2.29. The van der Waals surface area contributed by atoms with E-state index in [0.717, 1.165) is 5.69 Å². The van der Waals surface area contributed by atoms with E-state index in [1.54, 1.807) is 45.5 Å². The lowest BCUT2D eigenvalue weighted by Crippen LogP contribution is -2.30. The Morgan fingerprint density at radius 2 is 1.88 bits per heavy atom. The van der Waals surface area contributed by atoms with Gasteiger partial charge in [-0.1, -0.05) is 6.07 Å². The molecular formula is C18H20FIN4O2. The molecule has 0 unspecified atom stereocenters. The quantitative estimate of drug-likeness (QED) is 0.397. The van der Waals surface area contributed by atoms with Crippen molar-refractivity contribution in [2.24, 2.45) is 4.99 Å². The topological polar surface area (TPSA) is 78.7 Å². The fourth-order valence-electron chi connectivity index (χ4n) is 2.17. The van der Waals surface area contributed by atoms with Gasteiger partial charge >= 0.3 is 0 Å². The molecule has 138 valence electrons. The summed E-state index contributed by atoms with van der Waals surface area (Å²) in [5.74, 6) is 1.24. The Morgan fingerprint density at radius 1 is 1.15 bits per heavy atom. The number of guanidine groups is 1. The second-order valence-electron chi connectivity index (χ2n) is 5.04. The molecule has 0 amide bonds. The minimum absolute atomic E-state index is 0. The van der Waals surface area contributed by atoms with Crippen molar-refractivity contribution in [3.63, 3.8) is 0 Å². The summed E-state index contributed by atoms with van der Waals surface area (Å²) in [6, 6.07) is 11.6. The molecule has 0 saturated carbocycles. The predicted octanol–water partition coefficient (Wildman–Crippen LogP) is 3.52. The fraction of sp³-hybridized carbons (Fsp3) is 0.222. The van der Waals surface area contributed by atoms with E-state index < -0.39 is 5.82 Å². The molecule has 2 aromatic rings. The van der Waals surface area contributed by atoms with Crippen LogP contribution < -0.4 is 20.1 Å². The molecule has 0 heterocycles. The van der Waals surface area contributed by atoms with Crippen molar-refractivity contribution < 1.29 is 13.9 Å². The third-order valence-electron chi connectivity index (χ3n) is 3.50. The normalized spacial score (nSPS) is 10.3. The Morgan fingerprint density at radius 3 is 2.46 bits per heavy atom. The van der Waals surface area contributed by atoms with Crippen LogP contribution in [0.2, 0.25) is 0 Å². The van der Waals surface area contributed by atoms with Gasteiger partial charge in [-0.05, 0) is 24.3 Å². The van der Waals surface area contributed by atoms with Gasteiger partial charge in [0.1, 0.15) is 5.82 Å². The maximum atomic E-state index is 13.9. The van der Waals surface area contributed by atoms with Crippen LogP contribution >= 0.6 is 24.0 Å². The number of anilines is 1. The molecule has 2 aromatic carbocycles. The Hall–Kier alpha value is -2.54. The van der Waals surface area contributed by atoms with Crippen LogP contribution in [0.5, 0.6) is 11.5 Å². The van der Waals surface area contributed by atoms with Crippen molar-refractivity contribution in [3.05, 3.63) is 53.3 Å². The van der Waals surface area contributed by atoms with E-state index in [1.807, 2.05) is 12.1 Å². The van der Waals surface area contributed by atoms with Gasteiger partial charge < -0.3 is 20.1 Å². The summed E-state index contributed by atoms with van der Waals surface area (Å²) in [7, 11) is 4.74. The number of ether oxygens (including phenoxy) is 2. The summed E-state index contributed by atoms with van der Waals surface area (Å²) in [5, 5.41) is 14.9. The second-order valence-corrected chi connectivity index (χ2v) is 5.04. The van der Waals surface area contributed by atoms with Gasteiger partial charge in [0.15, 0.2) is 17.5 Å². The first-order valence-electron chi connectivity index (χ1n) is 7.49. The lowest BCUT2D eigenvalue weighted by Gasteiger charge is -2.14. The van der Waals surface area contributed by atoms with Crippen LogP contribution in [0.3, 0.4) is 0 Å². The van der Waals surface area contributed by atoms with E-state index in [4.69, 9.17) is 14.7 Å². The first-order valence-corrected chi connectivity index (χ1v) is 7.49. The smallest absolute Gasteiger partial charge is 0.195 e. The van der Waals surface area contributed by atoms with E-state index in [-0.39, 0.29) is 36.1 Å². The van der Waals surface area contributed by atoms with Gasteiger partial charge in [-0.25, -0.2) is 4.39 Å². The largest absolute Gasteiger partial charge is 0.493 e. The number of rotatable bonds is 5. The molecule has 0 saturated heterocycles. The van der Waals surface area contributed by atoms with Crippen molar-refractivity contribution in [1.29, 1.82) is 5.26 Å². The number of benzene rings is 2. The van der Waals surface area contributed by atoms with E-state index >= 15 is 0 Å². The Bertz CT molecular complexity index is 821. The monoisotopic (exact) mass is 470 g/mol. The van der Waals surface area contributed by atoms with E-state index in [0.29, 0.717) is 23.0 Å². The number of nitrogens with one attached hydrogen (secondary N) is 2. The van der Waals surface area contributed by atoms with Crippen LogP contribution in [0.1, 0.15) is 11.1 Å². The van der Waals surface area contributed by atoms with Gasteiger partial charge in [0, 0.05) is 30.9 Å². The van der Waals surface area contributed by atoms with Gasteiger partial charge in [-0.15, -0.1) is 24.0 Å². The molecule has 0 spiro atoms. The maximum absolute atomic E-state index is 13.9.